The summed E-state index contributed by atoms with van der Waals surface area (Å²) in [4.78, 5) is 12.4. The summed E-state index contributed by atoms with van der Waals surface area (Å²) in [5.74, 6) is 1.43. The summed E-state index contributed by atoms with van der Waals surface area (Å²) < 4.78 is 16.8. The summed E-state index contributed by atoms with van der Waals surface area (Å²) in [7, 11) is 0. The van der Waals surface area contributed by atoms with Crippen LogP contribution in [0.4, 0.5) is 0 Å². The Kier molecular flexibility index (Phi) is 5.03. The lowest BCUT2D eigenvalue weighted by atomic mass is 10.0. The maximum atomic E-state index is 12.4. The topological polar surface area (TPSA) is 82.8 Å². The fraction of sp³-hybridized carbons (Fsp3) is 0.588. The number of nitrogens with two attached hydrogens (primary N) is 1. The van der Waals surface area contributed by atoms with E-state index in [1.165, 1.54) is 0 Å². The molecule has 0 saturated carbocycles. The summed E-state index contributed by atoms with van der Waals surface area (Å²) >= 11 is 0. The second-order valence-electron chi connectivity index (χ2n) is 5.93. The number of amides is 1. The maximum Gasteiger partial charge on any atom is 0.249 e. The zero-order valence-electron chi connectivity index (χ0n) is 13.4. The van der Waals surface area contributed by atoms with Crippen LogP contribution in [0.3, 0.4) is 0 Å². The Hall–Kier alpha value is -1.79. The van der Waals surface area contributed by atoms with Crippen molar-refractivity contribution in [3.8, 4) is 11.5 Å². The molecule has 6 heteroatoms. The molecule has 1 saturated heterocycles. The van der Waals surface area contributed by atoms with Crippen LogP contribution < -0.4 is 20.5 Å². The van der Waals surface area contributed by atoms with E-state index in [2.05, 4.69) is 5.32 Å². The van der Waals surface area contributed by atoms with Crippen LogP contribution in [0.2, 0.25) is 0 Å². The quantitative estimate of drug-likeness (QED) is 0.860. The minimum atomic E-state index is -0.394. The van der Waals surface area contributed by atoms with Crippen molar-refractivity contribution in [2.75, 3.05) is 19.8 Å². The van der Waals surface area contributed by atoms with E-state index < -0.39 is 6.10 Å². The number of carbonyl (C=O) groups is 1. The lowest BCUT2D eigenvalue weighted by molar-refractivity contribution is -0.132. The molecular formula is C17H24N2O4. The van der Waals surface area contributed by atoms with Gasteiger partial charge in [0.2, 0.25) is 5.91 Å². The number of hydrogen-bond donors (Lipinski definition) is 2. The highest BCUT2D eigenvalue weighted by atomic mass is 16.6. The molecule has 126 valence electrons. The first kappa shape index (κ1) is 16.1. The fourth-order valence-corrected chi connectivity index (χ4v) is 3.03. The number of benzene rings is 1. The molecule has 3 rings (SSSR count). The maximum absolute atomic E-state index is 12.4. The Balaban J connectivity index is 1.66. The highest BCUT2D eigenvalue weighted by Crippen LogP contribution is 2.33. The van der Waals surface area contributed by atoms with Gasteiger partial charge in [-0.05, 0) is 37.0 Å². The van der Waals surface area contributed by atoms with Crippen molar-refractivity contribution in [3.63, 3.8) is 0 Å². The molecule has 1 aromatic rings. The molecular weight excluding hydrogens is 296 g/mol. The van der Waals surface area contributed by atoms with Crippen LogP contribution in [0.5, 0.6) is 11.5 Å². The van der Waals surface area contributed by atoms with Gasteiger partial charge >= 0.3 is 0 Å². The number of fused-ring (bicyclic) bond motifs is 1. The predicted molar refractivity (Wildman–Crippen MR) is 85.6 cm³/mol. The van der Waals surface area contributed by atoms with Crippen LogP contribution in [-0.2, 0) is 9.53 Å². The van der Waals surface area contributed by atoms with E-state index >= 15 is 0 Å². The normalized spacial score (nSPS) is 24.3. The molecule has 1 amide bonds. The summed E-state index contributed by atoms with van der Waals surface area (Å²) in [6.45, 7) is 3.63. The second-order valence-corrected chi connectivity index (χ2v) is 5.93. The van der Waals surface area contributed by atoms with E-state index in [1.54, 1.807) is 0 Å². The fourth-order valence-electron chi connectivity index (χ4n) is 3.03. The third-order valence-corrected chi connectivity index (χ3v) is 4.36. The van der Waals surface area contributed by atoms with Gasteiger partial charge in [0.15, 0.2) is 11.5 Å². The second kappa shape index (κ2) is 7.19. The Bertz CT molecular complexity index is 564. The van der Waals surface area contributed by atoms with Crippen molar-refractivity contribution < 1.29 is 19.0 Å². The van der Waals surface area contributed by atoms with Crippen molar-refractivity contribution in [1.29, 1.82) is 0 Å². The number of nitrogens with one attached hydrogen (secondary N) is 1. The molecule has 1 aromatic carbocycles. The van der Waals surface area contributed by atoms with Crippen LogP contribution >= 0.6 is 0 Å². The smallest absolute Gasteiger partial charge is 0.249 e. The lowest BCUT2D eigenvalue weighted by Gasteiger charge is -2.23. The molecule has 2 aliphatic heterocycles. The first-order valence-corrected chi connectivity index (χ1v) is 8.26. The van der Waals surface area contributed by atoms with Gasteiger partial charge in [-0.25, -0.2) is 0 Å². The number of carbonyl (C=O) groups excluding carboxylic acids is 1. The molecule has 23 heavy (non-hydrogen) atoms. The summed E-state index contributed by atoms with van der Waals surface area (Å²) in [5, 5.41) is 3.08. The number of rotatable bonds is 5. The van der Waals surface area contributed by atoms with Gasteiger partial charge in [0.05, 0.1) is 12.1 Å². The molecule has 0 spiro atoms. The number of ether oxygens (including phenoxy) is 3. The average molecular weight is 320 g/mol. The van der Waals surface area contributed by atoms with Crippen molar-refractivity contribution in [2.24, 2.45) is 5.73 Å². The first-order chi connectivity index (χ1) is 11.2. The Morgan fingerprint density at radius 1 is 1.30 bits per heavy atom. The van der Waals surface area contributed by atoms with Gasteiger partial charge in [0.1, 0.15) is 19.3 Å². The average Bonchev–Trinajstić information content (AvgIpc) is 3.08. The van der Waals surface area contributed by atoms with Crippen molar-refractivity contribution in [1.82, 2.24) is 5.32 Å². The first-order valence-electron chi connectivity index (χ1n) is 8.26. The standard InChI is InChI=1S/C17H24N2O4/c1-2-13(19-17(20)15-6-4-12(10-18)23-15)11-3-5-14-16(9-11)22-8-7-21-14/h3,5,9,12-13,15H,2,4,6-8,10,18H2,1H3,(H,19,20)/t12-,13?,15+/m1/s1. The highest BCUT2D eigenvalue weighted by molar-refractivity contribution is 5.81. The van der Waals surface area contributed by atoms with Crippen molar-refractivity contribution in [3.05, 3.63) is 23.8 Å². The molecule has 0 radical (unpaired) electrons. The molecule has 6 nitrogen and oxygen atoms in total. The van der Waals surface area contributed by atoms with Gasteiger partial charge in [-0.15, -0.1) is 0 Å². The molecule has 0 bridgehead atoms. The monoisotopic (exact) mass is 320 g/mol. The van der Waals surface area contributed by atoms with E-state index in [0.717, 1.165) is 36.3 Å². The minimum Gasteiger partial charge on any atom is -0.486 e. The van der Waals surface area contributed by atoms with Gasteiger partial charge in [0.25, 0.3) is 0 Å². The molecule has 3 N–H and O–H groups in total. The molecule has 0 aliphatic carbocycles. The van der Waals surface area contributed by atoms with Crippen LogP contribution in [-0.4, -0.2) is 37.9 Å². The van der Waals surface area contributed by atoms with Crippen LogP contribution in [0.1, 0.15) is 37.8 Å². The van der Waals surface area contributed by atoms with E-state index in [1.807, 2.05) is 25.1 Å². The highest BCUT2D eigenvalue weighted by Gasteiger charge is 2.31. The van der Waals surface area contributed by atoms with Crippen molar-refractivity contribution >= 4 is 5.91 Å². The van der Waals surface area contributed by atoms with Gasteiger partial charge in [0, 0.05) is 6.54 Å². The van der Waals surface area contributed by atoms with Crippen LogP contribution in [0.15, 0.2) is 18.2 Å². The van der Waals surface area contributed by atoms with Gasteiger partial charge in [-0.1, -0.05) is 13.0 Å². The molecule has 2 heterocycles. The van der Waals surface area contributed by atoms with E-state index in [-0.39, 0.29) is 18.1 Å². The zero-order chi connectivity index (χ0) is 16.2. The Morgan fingerprint density at radius 3 is 2.78 bits per heavy atom. The molecule has 3 atom stereocenters. The zero-order valence-corrected chi connectivity index (χ0v) is 13.4. The lowest BCUT2D eigenvalue weighted by Crippen LogP contribution is -2.37. The molecule has 0 aromatic heterocycles. The molecule has 1 unspecified atom stereocenters. The Morgan fingerprint density at radius 2 is 2.09 bits per heavy atom. The number of hydrogen-bond acceptors (Lipinski definition) is 5. The van der Waals surface area contributed by atoms with E-state index in [4.69, 9.17) is 19.9 Å². The third-order valence-electron chi connectivity index (χ3n) is 4.36. The summed E-state index contributed by atoms with van der Waals surface area (Å²) in [6.07, 6.45) is 1.97. The van der Waals surface area contributed by atoms with Gasteiger partial charge < -0.3 is 25.3 Å². The minimum absolute atomic E-state index is 0.000111. The van der Waals surface area contributed by atoms with Crippen molar-refractivity contribution in [2.45, 2.75) is 44.4 Å². The van der Waals surface area contributed by atoms with Crippen LogP contribution in [0, 0.1) is 0 Å². The predicted octanol–water partition coefficient (Wildman–Crippen LogP) is 1.53. The summed E-state index contributed by atoms with van der Waals surface area (Å²) in [5.41, 5.74) is 6.61. The summed E-state index contributed by atoms with van der Waals surface area (Å²) in [6, 6.07) is 5.75. The Labute approximate surface area is 136 Å². The largest absolute Gasteiger partial charge is 0.486 e. The SMILES string of the molecule is CCC(NC(=O)[C@@H]1CC[C@H](CN)O1)c1ccc2c(c1)OCCO2. The third kappa shape index (κ3) is 3.59. The molecule has 1 fully saturated rings. The van der Waals surface area contributed by atoms with E-state index in [0.29, 0.717) is 19.8 Å². The molecule has 2 aliphatic rings. The van der Waals surface area contributed by atoms with Gasteiger partial charge in [-0.2, -0.15) is 0 Å². The van der Waals surface area contributed by atoms with Crippen LogP contribution in [0.25, 0.3) is 0 Å². The van der Waals surface area contributed by atoms with Gasteiger partial charge in [-0.3, -0.25) is 4.79 Å². The van der Waals surface area contributed by atoms with E-state index in [9.17, 15) is 4.79 Å².